The average molecular weight is 310 g/mol. The number of hydrogen-bond donors (Lipinski definition) is 1. The summed E-state index contributed by atoms with van der Waals surface area (Å²) in [5, 5.41) is 3.30. The van der Waals surface area contributed by atoms with Crippen LogP contribution in [-0.2, 0) is 13.1 Å². The molecule has 0 fully saturated rings. The zero-order valence-electron chi connectivity index (χ0n) is 12.5. The van der Waals surface area contributed by atoms with Crippen LogP contribution in [0.3, 0.4) is 0 Å². The Hall–Kier alpha value is -2.59. The highest BCUT2D eigenvalue weighted by Gasteiger charge is 2.08. The highest BCUT2D eigenvalue weighted by Crippen LogP contribution is 2.21. The van der Waals surface area contributed by atoms with E-state index in [2.05, 4.69) is 10.3 Å². The lowest BCUT2D eigenvalue weighted by molar-refractivity contribution is 0.585. The molecule has 3 rings (SSSR count). The lowest BCUT2D eigenvalue weighted by atomic mass is 10.1. The van der Waals surface area contributed by atoms with Crippen LogP contribution in [0.1, 0.15) is 11.3 Å². The summed E-state index contributed by atoms with van der Waals surface area (Å²) in [5.74, 6) is -1.20. The third-order valence-corrected chi connectivity index (χ3v) is 3.49. The molecule has 0 aliphatic rings. The van der Waals surface area contributed by atoms with Crippen LogP contribution >= 0.6 is 0 Å². The van der Waals surface area contributed by atoms with Crippen molar-refractivity contribution in [1.82, 2.24) is 10.3 Å². The molecule has 2 nitrogen and oxygen atoms in total. The fourth-order valence-corrected chi connectivity index (χ4v) is 2.36. The number of aromatic nitrogens is 1. The van der Waals surface area contributed by atoms with E-state index in [1.54, 1.807) is 6.07 Å². The molecule has 3 aromatic rings. The van der Waals surface area contributed by atoms with Crippen molar-refractivity contribution >= 4 is 0 Å². The molecule has 0 saturated heterocycles. The van der Waals surface area contributed by atoms with Crippen LogP contribution in [0, 0.1) is 11.6 Å². The van der Waals surface area contributed by atoms with Crippen molar-refractivity contribution in [3.05, 3.63) is 89.6 Å². The maximum Gasteiger partial charge on any atom is 0.135 e. The zero-order chi connectivity index (χ0) is 16.1. The molecule has 23 heavy (non-hydrogen) atoms. The smallest absolute Gasteiger partial charge is 0.135 e. The molecule has 1 N–H and O–H groups in total. The monoisotopic (exact) mass is 310 g/mol. The first kappa shape index (κ1) is 15.3. The van der Waals surface area contributed by atoms with Gasteiger partial charge in [-0.2, -0.15) is 0 Å². The van der Waals surface area contributed by atoms with Gasteiger partial charge in [-0.3, -0.25) is 4.98 Å². The second kappa shape index (κ2) is 7.11. The SMILES string of the molecule is Fc1ccc(-c2cccc(CNCc3ccccc3)n2)c(F)c1. The normalized spacial score (nSPS) is 10.7. The minimum Gasteiger partial charge on any atom is -0.307 e. The van der Waals surface area contributed by atoms with Crippen LogP contribution in [0.2, 0.25) is 0 Å². The van der Waals surface area contributed by atoms with Gasteiger partial charge in [0.1, 0.15) is 11.6 Å². The molecule has 1 heterocycles. The van der Waals surface area contributed by atoms with Gasteiger partial charge in [0.2, 0.25) is 0 Å². The van der Waals surface area contributed by atoms with E-state index in [-0.39, 0.29) is 0 Å². The number of halogens is 2. The molecule has 0 bridgehead atoms. The summed E-state index contributed by atoms with van der Waals surface area (Å²) < 4.78 is 26.8. The Bertz CT molecular complexity index is 788. The summed E-state index contributed by atoms with van der Waals surface area (Å²) in [6.07, 6.45) is 0. The third-order valence-electron chi connectivity index (χ3n) is 3.49. The number of pyridine rings is 1. The molecule has 0 amide bonds. The average Bonchev–Trinajstić information content (AvgIpc) is 2.56. The largest absolute Gasteiger partial charge is 0.307 e. The van der Waals surface area contributed by atoms with Crippen LogP contribution in [0.15, 0.2) is 66.7 Å². The molecular weight excluding hydrogens is 294 g/mol. The summed E-state index contributed by atoms with van der Waals surface area (Å²) in [6, 6.07) is 19.0. The Labute approximate surface area is 133 Å². The van der Waals surface area contributed by atoms with Crippen LogP contribution < -0.4 is 5.32 Å². The Morgan fingerprint density at radius 3 is 2.43 bits per heavy atom. The van der Waals surface area contributed by atoms with Crippen molar-refractivity contribution in [2.75, 3.05) is 0 Å². The third kappa shape index (κ3) is 3.99. The first-order valence-corrected chi connectivity index (χ1v) is 7.38. The van der Waals surface area contributed by atoms with Gasteiger partial charge in [0.15, 0.2) is 0 Å². The highest BCUT2D eigenvalue weighted by molar-refractivity contribution is 5.59. The molecule has 0 spiro atoms. The van der Waals surface area contributed by atoms with E-state index in [4.69, 9.17) is 0 Å². The highest BCUT2D eigenvalue weighted by atomic mass is 19.1. The fraction of sp³-hybridized carbons (Fsp3) is 0.105. The van der Waals surface area contributed by atoms with Gasteiger partial charge in [-0.05, 0) is 29.8 Å². The summed E-state index contributed by atoms with van der Waals surface area (Å²) in [6.45, 7) is 1.31. The Kier molecular flexibility index (Phi) is 4.74. The van der Waals surface area contributed by atoms with Crippen LogP contribution in [-0.4, -0.2) is 4.98 Å². The van der Waals surface area contributed by atoms with Crippen LogP contribution in [0.5, 0.6) is 0 Å². The molecule has 116 valence electrons. The van der Waals surface area contributed by atoms with Gasteiger partial charge in [-0.1, -0.05) is 36.4 Å². The van der Waals surface area contributed by atoms with E-state index in [1.165, 1.54) is 17.7 Å². The van der Waals surface area contributed by atoms with Crippen molar-refractivity contribution in [3.63, 3.8) is 0 Å². The predicted octanol–water partition coefficient (Wildman–Crippen LogP) is 4.32. The summed E-state index contributed by atoms with van der Waals surface area (Å²) in [4.78, 5) is 4.44. The van der Waals surface area contributed by atoms with Crippen molar-refractivity contribution < 1.29 is 8.78 Å². The first-order chi connectivity index (χ1) is 11.2. The van der Waals surface area contributed by atoms with Crippen molar-refractivity contribution in [2.24, 2.45) is 0 Å². The molecule has 0 unspecified atom stereocenters. The summed E-state index contributed by atoms with van der Waals surface area (Å²) >= 11 is 0. The Morgan fingerprint density at radius 2 is 1.65 bits per heavy atom. The van der Waals surface area contributed by atoms with Gasteiger partial charge in [0, 0.05) is 24.7 Å². The zero-order valence-corrected chi connectivity index (χ0v) is 12.5. The van der Waals surface area contributed by atoms with Crippen molar-refractivity contribution in [1.29, 1.82) is 0 Å². The van der Waals surface area contributed by atoms with E-state index < -0.39 is 11.6 Å². The lowest BCUT2D eigenvalue weighted by Crippen LogP contribution is -2.13. The fourth-order valence-electron chi connectivity index (χ4n) is 2.36. The number of benzene rings is 2. The minimum atomic E-state index is -0.605. The quantitative estimate of drug-likeness (QED) is 0.759. The Balaban J connectivity index is 1.70. The van der Waals surface area contributed by atoms with E-state index in [0.29, 0.717) is 17.8 Å². The Morgan fingerprint density at radius 1 is 0.826 bits per heavy atom. The molecule has 0 aliphatic heterocycles. The maximum atomic E-state index is 13.8. The van der Waals surface area contributed by atoms with Crippen molar-refractivity contribution in [2.45, 2.75) is 13.1 Å². The second-order valence-corrected chi connectivity index (χ2v) is 5.23. The van der Waals surface area contributed by atoms with E-state index in [0.717, 1.165) is 18.3 Å². The molecular formula is C19H16F2N2. The van der Waals surface area contributed by atoms with E-state index in [1.807, 2.05) is 42.5 Å². The van der Waals surface area contributed by atoms with E-state index in [9.17, 15) is 8.78 Å². The van der Waals surface area contributed by atoms with E-state index >= 15 is 0 Å². The molecule has 0 aliphatic carbocycles. The van der Waals surface area contributed by atoms with Crippen LogP contribution in [0.25, 0.3) is 11.3 Å². The predicted molar refractivity (Wildman–Crippen MR) is 86.6 cm³/mol. The summed E-state index contributed by atoms with van der Waals surface area (Å²) in [7, 11) is 0. The van der Waals surface area contributed by atoms with Gasteiger partial charge in [0.05, 0.1) is 11.4 Å². The molecule has 0 atom stereocenters. The molecule has 4 heteroatoms. The van der Waals surface area contributed by atoms with Gasteiger partial charge in [-0.25, -0.2) is 8.78 Å². The summed E-state index contributed by atoms with van der Waals surface area (Å²) in [5.41, 5.74) is 2.80. The first-order valence-electron chi connectivity index (χ1n) is 7.38. The maximum absolute atomic E-state index is 13.8. The molecule has 1 aromatic heterocycles. The second-order valence-electron chi connectivity index (χ2n) is 5.23. The molecule has 2 aromatic carbocycles. The molecule has 0 radical (unpaired) electrons. The van der Waals surface area contributed by atoms with Gasteiger partial charge >= 0.3 is 0 Å². The minimum absolute atomic E-state index is 0.302. The number of nitrogens with zero attached hydrogens (tertiary/aromatic N) is 1. The number of hydrogen-bond acceptors (Lipinski definition) is 2. The van der Waals surface area contributed by atoms with Gasteiger partial charge in [0.25, 0.3) is 0 Å². The lowest BCUT2D eigenvalue weighted by Gasteiger charge is -2.07. The molecule has 0 saturated carbocycles. The number of nitrogens with one attached hydrogen (secondary N) is 1. The standard InChI is InChI=1S/C19H16F2N2/c20-15-9-10-17(18(21)11-15)19-8-4-7-16(23-19)13-22-12-14-5-2-1-3-6-14/h1-11,22H,12-13H2. The number of rotatable bonds is 5. The van der Waals surface area contributed by atoms with Gasteiger partial charge in [-0.15, -0.1) is 0 Å². The van der Waals surface area contributed by atoms with Crippen LogP contribution in [0.4, 0.5) is 8.78 Å². The topological polar surface area (TPSA) is 24.9 Å². The van der Waals surface area contributed by atoms with Gasteiger partial charge < -0.3 is 5.32 Å². The van der Waals surface area contributed by atoms with Crippen molar-refractivity contribution in [3.8, 4) is 11.3 Å².